The number of halogens is 1. The van der Waals surface area contributed by atoms with Gasteiger partial charge in [0.05, 0.1) is 34.1 Å². The fourth-order valence-electron chi connectivity index (χ4n) is 2.53. The molecule has 2 rings (SSSR count). The number of carbonyl (C=O) groups excluding carboxylic acids is 1. The Morgan fingerprint density at radius 1 is 0.923 bits per heavy atom. The summed E-state index contributed by atoms with van der Waals surface area (Å²) in [6, 6.07) is 8.71. The van der Waals surface area contributed by atoms with Crippen molar-refractivity contribution in [3.05, 3.63) is 40.9 Å². The van der Waals surface area contributed by atoms with Crippen molar-refractivity contribution >= 4 is 23.2 Å². The van der Waals surface area contributed by atoms with Crippen LogP contribution in [0, 0.1) is 0 Å². The molecule has 0 radical (unpaired) electrons. The smallest absolute Gasteiger partial charge is 0.224 e. The number of nitrogens with one attached hydrogen (secondary N) is 1. The maximum Gasteiger partial charge on any atom is 0.224 e. The van der Waals surface area contributed by atoms with Gasteiger partial charge in [-0.3, -0.25) is 4.79 Å². The minimum Gasteiger partial charge on any atom is -0.495 e. The van der Waals surface area contributed by atoms with Gasteiger partial charge in [0.25, 0.3) is 0 Å². The van der Waals surface area contributed by atoms with Gasteiger partial charge in [-0.1, -0.05) is 11.6 Å². The first-order valence-corrected chi connectivity index (χ1v) is 8.32. The number of methoxy groups -OCH3 is 4. The molecule has 2 aromatic rings. The molecule has 0 aliphatic carbocycles. The van der Waals surface area contributed by atoms with E-state index in [2.05, 4.69) is 5.32 Å². The van der Waals surface area contributed by atoms with Crippen molar-refractivity contribution in [3.63, 3.8) is 0 Å². The Kier molecular flexibility index (Phi) is 6.97. The van der Waals surface area contributed by atoms with E-state index in [1.165, 1.54) is 7.11 Å². The number of aryl methyl sites for hydroxylation is 1. The minimum atomic E-state index is -0.153. The second-order valence-electron chi connectivity index (χ2n) is 5.43. The first-order valence-electron chi connectivity index (χ1n) is 7.94. The molecular weight excluding hydrogens is 358 g/mol. The normalized spacial score (nSPS) is 10.2. The molecule has 0 saturated heterocycles. The summed E-state index contributed by atoms with van der Waals surface area (Å²) in [5.74, 6) is 2.03. The van der Waals surface area contributed by atoms with Gasteiger partial charge in [0.1, 0.15) is 5.75 Å². The zero-order chi connectivity index (χ0) is 19.1. The lowest BCUT2D eigenvalue weighted by atomic mass is 10.1. The quantitative estimate of drug-likeness (QED) is 0.752. The summed E-state index contributed by atoms with van der Waals surface area (Å²) in [5, 5.41) is 3.34. The Labute approximate surface area is 158 Å². The number of rotatable bonds is 8. The molecule has 0 aliphatic rings. The lowest BCUT2D eigenvalue weighted by molar-refractivity contribution is -0.116. The molecule has 1 amide bonds. The van der Waals surface area contributed by atoms with E-state index in [9.17, 15) is 4.79 Å². The van der Waals surface area contributed by atoms with Gasteiger partial charge < -0.3 is 24.3 Å². The SMILES string of the molecule is COc1ccc(Cl)cc1NC(=O)CCc1cc(OC)c(OC)c(OC)c1. The van der Waals surface area contributed by atoms with Gasteiger partial charge in [-0.05, 0) is 42.3 Å². The Balaban J connectivity index is 2.09. The third kappa shape index (κ3) is 4.73. The number of carbonyl (C=O) groups is 1. The van der Waals surface area contributed by atoms with Crippen LogP contribution in [-0.2, 0) is 11.2 Å². The van der Waals surface area contributed by atoms with Crippen LogP contribution in [0.15, 0.2) is 30.3 Å². The largest absolute Gasteiger partial charge is 0.495 e. The molecule has 0 fully saturated rings. The first kappa shape index (κ1) is 19.7. The molecule has 0 spiro atoms. The topological polar surface area (TPSA) is 66.0 Å². The van der Waals surface area contributed by atoms with Crippen LogP contribution in [0.25, 0.3) is 0 Å². The maximum atomic E-state index is 12.3. The van der Waals surface area contributed by atoms with Gasteiger partial charge in [0.15, 0.2) is 11.5 Å². The molecule has 0 unspecified atom stereocenters. The van der Waals surface area contributed by atoms with E-state index < -0.39 is 0 Å². The molecule has 0 bridgehead atoms. The number of benzene rings is 2. The lowest BCUT2D eigenvalue weighted by Gasteiger charge is -2.14. The Hall–Kier alpha value is -2.60. The predicted molar refractivity (Wildman–Crippen MR) is 101 cm³/mol. The average Bonchev–Trinajstić information content (AvgIpc) is 2.65. The number of amides is 1. The molecule has 6 nitrogen and oxygen atoms in total. The monoisotopic (exact) mass is 379 g/mol. The van der Waals surface area contributed by atoms with E-state index in [1.807, 2.05) is 12.1 Å². The van der Waals surface area contributed by atoms with Crippen LogP contribution in [0.2, 0.25) is 5.02 Å². The highest BCUT2D eigenvalue weighted by molar-refractivity contribution is 6.31. The molecule has 1 N–H and O–H groups in total. The van der Waals surface area contributed by atoms with Crippen molar-refractivity contribution in [2.75, 3.05) is 33.8 Å². The van der Waals surface area contributed by atoms with Crippen LogP contribution in [0.4, 0.5) is 5.69 Å². The second-order valence-corrected chi connectivity index (χ2v) is 5.86. The second kappa shape index (κ2) is 9.20. The van der Waals surface area contributed by atoms with E-state index in [1.54, 1.807) is 39.5 Å². The summed E-state index contributed by atoms with van der Waals surface area (Å²) < 4.78 is 21.2. The molecule has 7 heteroatoms. The van der Waals surface area contributed by atoms with Gasteiger partial charge in [0, 0.05) is 11.4 Å². The fraction of sp³-hybridized carbons (Fsp3) is 0.316. The first-order chi connectivity index (χ1) is 12.5. The summed E-state index contributed by atoms with van der Waals surface area (Å²) in [6.45, 7) is 0. The average molecular weight is 380 g/mol. The highest BCUT2D eigenvalue weighted by Gasteiger charge is 2.14. The summed E-state index contributed by atoms with van der Waals surface area (Å²) >= 11 is 5.98. The minimum absolute atomic E-state index is 0.153. The fourth-order valence-corrected chi connectivity index (χ4v) is 2.70. The van der Waals surface area contributed by atoms with Crippen LogP contribution in [-0.4, -0.2) is 34.3 Å². The molecule has 2 aromatic carbocycles. The van der Waals surface area contributed by atoms with Crippen LogP contribution in [0.5, 0.6) is 23.0 Å². The van der Waals surface area contributed by atoms with Crippen molar-refractivity contribution in [2.45, 2.75) is 12.8 Å². The van der Waals surface area contributed by atoms with Crippen molar-refractivity contribution < 1.29 is 23.7 Å². The Bertz CT molecular complexity index is 754. The van der Waals surface area contributed by atoms with Crippen LogP contribution in [0.3, 0.4) is 0 Å². The van der Waals surface area contributed by atoms with Crippen LogP contribution in [0.1, 0.15) is 12.0 Å². The third-order valence-electron chi connectivity index (χ3n) is 3.80. The maximum absolute atomic E-state index is 12.3. The van der Waals surface area contributed by atoms with Crippen LogP contribution < -0.4 is 24.3 Å². The molecule has 0 aromatic heterocycles. The van der Waals surface area contributed by atoms with Gasteiger partial charge in [-0.15, -0.1) is 0 Å². The van der Waals surface area contributed by atoms with E-state index >= 15 is 0 Å². The van der Waals surface area contributed by atoms with E-state index in [4.69, 9.17) is 30.5 Å². The van der Waals surface area contributed by atoms with Crippen molar-refractivity contribution in [3.8, 4) is 23.0 Å². The van der Waals surface area contributed by atoms with Gasteiger partial charge in [0.2, 0.25) is 11.7 Å². The molecule has 0 heterocycles. The Morgan fingerprint density at radius 3 is 2.08 bits per heavy atom. The number of hydrogen-bond acceptors (Lipinski definition) is 5. The van der Waals surface area contributed by atoms with Crippen molar-refractivity contribution in [2.24, 2.45) is 0 Å². The van der Waals surface area contributed by atoms with E-state index in [0.717, 1.165) is 5.56 Å². The molecule has 0 atom stereocenters. The molecule has 0 saturated carbocycles. The highest BCUT2D eigenvalue weighted by atomic mass is 35.5. The number of ether oxygens (including phenoxy) is 4. The highest BCUT2D eigenvalue weighted by Crippen LogP contribution is 2.38. The zero-order valence-corrected chi connectivity index (χ0v) is 16.0. The molecular formula is C19H22ClNO5. The number of hydrogen-bond donors (Lipinski definition) is 1. The van der Waals surface area contributed by atoms with Gasteiger partial charge in [-0.25, -0.2) is 0 Å². The van der Waals surface area contributed by atoms with Gasteiger partial charge >= 0.3 is 0 Å². The summed E-state index contributed by atoms with van der Waals surface area (Å²) in [7, 11) is 6.19. The third-order valence-corrected chi connectivity index (χ3v) is 4.04. The molecule has 26 heavy (non-hydrogen) atoms. The zero-order valence-electron chi connectivity index (χ0n) is 15.2. The van der Waals surface area contributed by atoms with Gasteiger partial charge in [-0.2, -0.15) is 0 Å². The summed E-state index contributed by atoms with van der Waals surface area (Å²) in [6.07, 6.45) is 0.778. The summed E-state index contributed by atoms with van der Waals surface area (Å²) in [4.78, 5) is 12.3. The Morgan fingerprint density at radius 2 is 1.54 bits per heavy atom. The standard InChI is InChI=1S/C19H22ClNO5/c1-23-15-7-6-13(20)11-14(15)21-18(22)8-5-12-9-16(24-2)19(26-4)17(10-12)25-3/h6-7,9-11H,5,8H2,1-4H3,(H,21,22). The predicted octanol–water partition coefficient (Wildman–Crippen LogP) is 3.95. The van der Waals surface area contributed by atoms with Crippen molar-refractivity contribution in [1.82, 2.24) is 0 Å². The lowest BCUT2D eigenvalue weighted by Crippen LogP contribution is -2.13. The molecule has 140 valence electrons. The molecule has 0 aliphatic heterocycles. The van der Waals surface area contributed by atoms with Crippen LogP contribution >= 0.6 is 11.6 Å². The number of anilines is 1. The van der Waals surface area contributed by atoms with Crippen molar-refractivity contribution in [1.29, 1.82) is 0 Å². The van der Waals surface area contributed by atoms with E-state index in [-0.39, 0.29) is 12.3 Å². The van der Waals surface area contributed by atoms with E-state index in [0.29, 0.717) is 40.1 Å². The summed E-state index contributed by atoms with van der Waals surface area (Å²) in [5.41, 5.74) is 1.43.